The molecule has 0 aliphatic carbocycles. The molecule has 0 fully saturated rings. The third-order valence-electron chi connectivity index (χ3n) is 7.19. The van der Waals surface area contributed by atoms with E-state index in [2.05, 4.69) is 53.1 Å². The van der Waals surface area contributed by atoms with Crippen LogP contribution in [0.1, 0.15) is 38.8 Å². The molecule has 2 N–H and O–H groups in total. The molecule has 1 aliphatic rings. The summed E-state index contributed by atoms with van der Waals surface area (Å²) in [6.45, 7) is 8.03. The summed E-state index contributed by atoms with van der Waals surface area (Å²) in [7, 11) is -1.91. The highest BCUT2D eigenvalue weighted by Crippen LogP contribution is 2.34. The van der Waals surface area contributed by atoms with Gasteiger partial charge in [-0.3, -0.25) is 4.90 Å². The average molecular weight is 577 g/mol. The summed E-state index contributed by atoms with van der Waals surface area (Å²) >= 11 is 0. The van der Waals surface area contributed by atoms with Crippen LogP contribution in [-0.2, 0) is 16.6 Å². The van der Waals surface area contributed by atoms with Gasteiger partial charge >= 0.3 is 0 Å². The van der Waals surface area contributed by atoms with Gasteiger partial charge in [0.1, 0.15) is 22.4 Å². The van der Waals surface area contributed by atoms with Gasteiger partial charge in [-0.15, -0.1) is 0 Å². The molecule has 41 heavy (non-hydrogen) atoms. The van der Waals surface area contributed by atoms with Gasteiger partial charge in [0.15, 0.2) is 0 Å². The number of fused-ring (bicyclic) bond motifs is 1. The predicted molar refractivity (Wildman–Crippen MR) is 162 cm³/mol. The van der Waals surface area contributed by atoms with E-state index in [-0.39, 0.29) is 35.8 Å². The summed E-state index contributed by atoms with van der Waals surface area (Å²) in [5.41, 5.74) is 2.85. The van der Waals surface area contributed by atoms with Gasteiger partial charge in [0, 0.05) is 37.2 Å². The van der Waals surface area contributed by atoms with E-state index >= 15 is 0 Å². The van der Waals surface area contributed by atoms with E-state index in [9.17, 15) is 18.6 Å². The Kier molecular flexibility index (Phi) is 9.58. The maximum Gasteiger partial charge on any atom is 0.247 e. The summed E-state index contributed by atoms with van der Waals surface area (Å²) in [6.07, 6.45) is -0.330. The van der Waals surface area contributed by atoms with E-state index in [0.29, 0.717) is 18.7 Å². The van der Waals surface area contributed by atoms with Gasteiger partial charge in [-0.2, -0.15) is 4.31 Å². The van der Waals surface area contributed by atoms with Gasteiger partial charge in [-0.1, -0.05) is 73.4 Å². The van der Waals surface area contributed by atoms with Gasteiger partial charge in [0.2, 0.25) is 10.0 Å². The molecular weight excluding hydrogens is 536 g/mol. The lowest BCUT2D eigenvalue weighted by Crippen LogP contribution is -2.49. The van der Waals surface area contributed by atoms with Gasteiger partial charge in [-0.05, 0) is 62.7 Å². The smallest absolute Gasteiger partial charge is 0.247 e. The lowest BCUT2D eigenvalue weighted by molar-refractivity contribution is 0.0733. The van der Waals surface area contributed by atoms with Crippen LogP contribution >= 0.6 is 0 Å². The number of sulfonamides is 1. The van der Waals surface area contributed by atoms with Crippen molar-refractivity contribution < 1.29 is 23.4 Å². The molecule has 4 rings (SSSR count). The molecule has 8 heteroatoms. The van der Waals surface area contributed by atoms with Crippen molar-refractivity contribution in [3.05, 3.63) is 83.9 Å². The summed E-state index contributed by atoms with van der Waals surface area (Å²) in [5, 5.41) is 19.9. The molecule has 0 radical (unpaired) electrons. The molecule has 3 aromatic carbocycles. The van der Waals surface area contributed by atoms with Gasteiger partial charge in [-0.25, -0.2) is 8.42 Å². The average Bonchev–Trinajstić information content (AvgIpc) is 2.93. The zero-order valence-corrected chi connectivity index (χ0v) is 25.2. The normalized spacial score (nSPS) is 19.7. The molecule has 0 saturated heterocycles. The van der Waals surface area contributed by atoms with Crippen molar-refractivity contribution in [1.29, 1.82) is 0 Å². The van der Waals surface area contributed by atoms with E-state index < -0.39 is 21.7 Å². The molecule has 0 bridgehead atoms. The fourth-order valence-corrected chi connectivity index (χ4v) is 6.69. The van der Waals surface area contributed by atoms with Gasteiger partial charge < -0.3 is 14.9 Å². The number of ether oxygens (including phenoxy) is 1. The van der Waals surface area contributed by atoms with Crippen LogP contribution in [0.25, 0.3) is 11.1 Å². The Labute approximate surface area is 244 Å². The lowest BCUT2D eigenvalue weighted by atomic mass is 10.0. The van der Waals surface area contributed by atoms with E-state index in [4.69, 9.17) is 4.74 Å². The summed E-state index contributed by atoms with van der Waals surface area (Å²) in [4.78, 5) is 2.22. The first-order valence-corrected chi connectivity index (χ1v) is 15.3. The maximum atomic E-state index is 13.7. The molecule has 218 valence electrons. The quantitative estimate of drug-likeness (QED) is 0.406. The summed E-state index contributed by atoms with van der Waals surface area (Å²) in [5.74, 6) is 5.75. The first kappa shape index (κ1) is 30.8. The van der Waals surface area contributed by atoms with Crippen molar-refractivity contribution in [3.8, 4) is 28.7 Å². The van der Waals surface area contributed by atoms with Crippen LogP contribution in [0, 0.1) is 17.8 Å². The second-order valence-corrected chi connectivity index (χ2v) is 13.3. The van der Waals surface area contributed by atoms with Crippen LogP contribution < -0.4 is 4.74 Å². The fourth-order valence-electron chi connectivity index (χ4n) is 4.86. The van der Waals surface area contributed by atoms with E-state index in [1.165, 1.54) is 15.9 Å². The van der Waals surface area contributed by atoms with Crippen molar-refractivity contribution in [2.75, 3.05) is 26.7 Å². The Balaban J connectivity index is 1.60. The highest BCUT2D eigenvalue weighted by Gasteiger charge is 2.38. The van der Waals surface area contributed by atoms with Crippen molar-refractivity contribution in [3.63, 3.8) is 0 Å². The van der Waals surface area contributed by atoms with Crippen LogP contribution in [0.2, 0.25) is 0 Å². The Hall–Kier alpha value is -3.19. The fraction of sp³-hybridized carbons (Fsp3) is 0.394. The van der Waals surface area contributed by atoms with Gasteiger partial charge in [0.25, 0.3) is 0 Å². The number of hydrogen-bond acceptors (Lipinski definition) is 6. The second-order valence-electron chi connectivity index (χ2n) is 11.5. The van der Waals surface area contributed by atoms with Crippen LogP contribution in [-0.4, -0.2) is 72.3 Å². The first-order valence-electron chi connectivity index (χ1n) is 13.9. The molecule has 0 unspecified atom stereocenters. The minimum Gasteiger partial charge on any atom is -0.487 e. The van der Waals surface area contributed by atoms with Crippen molar-refractivity contribution in [2.45, 2.75) is 56.9 Å². The van der Waals surface area contributed by atoms with Crippen molar-refractivity contribution in [2.24, 2.45) is 5.92 Å². The topological polar surface area (TPSA) is 90.3 Å². The molecular formula is C33H40N2O5S. The molecule has 1 heterocycles. The molecule has 0 saturated carbocycles. The Bertz CT molecular complexity index is 1490. The van der Waals surface area contributed by atoms with Crippen LogP contribution in [0.15, 0.2) is 77.7 Å². The number of benzene rings is 3. The highest BCUT2D eigenvalue weighted by atomic mass is 32.2. The molecule has 7 nitrogen and oxygen atoms in total. The lowest BCUT2D eigenvalue weighted by Gasteiger charge is -2.37. The summed E-state index contributed by atoms with van der Waals surface area (Å²) < 4.78 is 35.2. The SMILES string of the molecule is C[C@@H]1CN([C@H](C)CO)S(=O)(=O)c2ccc(C#CC(C)(C)O)cc2O[C@H]1CN(C)Cc1ccc(-c2ccccc2)cc1. The Morgan fingerprint density at radius 1 is 1.07 bits per heavy atom. The third-order valence-corrected chi connectivity index (χ3v) is 9.20. The number of aliphatic hydroxyl groups is 2. The monoisotopic (exact) mass is 576 g/mol. The van der Waals surface area contributed by atoms with E-state index in [0.717, 1.165) is 11.1 Å². The molecule has 0 spiro atoms. The van der Waals surface area contributed by atoms with Crippen molar-refractivity contribution >= 4 is 10.0 Å². The van der Waals surface area contributed by atoms with Crippen LogP contribution in [0.4, 0.5) is 0 Å². The summed E-state index contributed by atoms with van der Waals surface area (Å²) in [6, 6.07) is 22.9. The third kappa shape index (κ3) is 7.76. The Morgan fingerprint density at radius 3 is 2.37 bits per heavy atom. The number of hydrogen-bond donors (Lipinski definition) is 2. The zero-order valence-electron chi connectivity index (χ0n) is 24.4. The maximum absolute atomic E-state index is 13.7. The number of rotatable bonds is 7. The van der Waals surface area contributed by atoms with E-state index in [1.54, 1.807) is 32.9 Å². The largest absolute Gasteiger partial charge is 0.487 e. The highest BCUT2D eigenvalue weighted by molar-refractivity contribution is 7.89. The van der Waals surface area contributed by atoms with E-state index in [1.807, 2.05) is 32.2 Å². The molecule has 0 amide bonds. The number of nitrogens with zero attached hydrogens (tertiary/aromatic N) is 2. The predicted octanol–water partition coefficient (Wildman–Crippen LogP) is 4.38. The van der Waals surface area contributed by atoms with Crippen molar-refractivity contribution in [1.82, 2.24) is 9.21 Å². The Morgan fingerprint density at radius 2 is 1.73 bits per heavy atom. The first-order chi connectivity index (χ1) is 19.4. The second kappa shape index (κ2) is 12.8. The minimum absolute atomic E-state index is 0.0441. The molecule has 3 atom stereocenters. The number of aliphatic hydroxyl groups excluding tert-OH is 1. The zero-order chi connectivity index (χ0) is 29.8. The van der Waals surface area contributed by atoms with Gasteiger partial charge in [0.05, 0.1) is 6.61 Å². The molecule has 3 aromatic rings. The van der Waals surface area contributed by atoms with Crippen LogP contribution in [0.3, 0.4) is 0 Å². The molecule has 1 aliphatic heterocycles. The number of likely N-dealkylation sites (N-methyl/N-ethyl adjacent to an activating group) is 1. The minimum atomic E-state index is -3.94. The van der Waals surface area contributed by atoms with Crippen LogP contribution in [0.5, 0.6) is 5.75 Å². The molecule has 0 aromatic heterocycles. The standard InChI is InChI=1S/C33H40N2O5S/c1-24-20-35(25(2)23-36)41(38,39)32-16-13-26(17-18-33(3,4)37)19-30(32)40-31(24)22-34(5)21-27-11-14-29(15-12-27)28-9-7-6-8-10-28/h6-16,19,24-25,31,36-37H,20-23H2,1-5H3/t24-,25-,31+/m1/s1.